The Balaban J connectivity index is 2.61. The van der Waals surface area contributed by atoms with Gasteiger partial charge in [0.2, 0.25) is 0 Å². The van der Waals surface area contributed by atoms with Crippen LogP contribution in [0.25, 0.3) is 0 Å². The molecule has 0 saturated heterocycles. The summed E-state index contributed by atoms with van der Waals surface area (Å²) in [5.74, 6) is 1.93. The molecule has 1 unspecified atom stereocenters. The molecule has 2 heteroatoms. The van der Waals surface area contributed by atoms with Gasteiger partial charge in [0.05, 0.1) is 0 Å². The molecule has 120 valence electrons. The van der Waals surface area contributed by atoms with Gasteiger partial charge in [-0.1, -0.05) is 52.7 Å². The molecule has 1 nitrogen and oxygen atoms in total. The van der Waals surface area contributed by atoms with Crippen molar-refractivity contribution in [3.63, 3.8) is 0 Å². The molecule has 0 bridgehead atoms. The predicted octanol–water partition coefficient (Wildman–Crippen LogP) is 5.06. The summed E-state index contributed by atoms with van der Waals surface area (Å²) in [4.78, 5) is 0. The van der Waals surface area contributed by atoms with E-state index in [1.165, 1.54) is 25.3 Å². The van der Waals surface area contributed by atoms with E-state index in [-0.39, 0.29) is 5.82 Å². The fraction of sp³-hybridized carbons (Fsp3) is 0.684. The molecular formula is C19H32FN. The number of halogens is 1. The van der Waals surface area contributed by atoms with E-state index in [1.54, 1.807) is 6.07 Å². The molecular weight excluding hydrogens is 261 g/mol. The van der Waals surface area contributed by atoms with Gasteiger partial charge in [-0.15, -0.1) is 0 Å². The summed E-state index contributed by atoms with van der Waals surface area (Å²) < 4.78 is 13.4. The van der Waals surface area contributed by atoms with Crippen molar-refractivity contribution < 1.29 is 4.39 Å². The van der Waals surface area contributed by atoms with Crippen LogP contribution in [0, 0.1) is 23.6 Å². The summed E-state index contributed by atoms with van der Waals surface area (Å²) in [6.45, 7) is 11.1. The van der Waals surface area contributed by atoms with Gasteiger partial charge in [0, 0.05) is 0 Å². The predicted molar refractivity (Wildman–Crippen MR) is 90.0 cm³/mol. The summed E-state index contributed by atoms with van der Waals surface area (Å²) >= 11 is 0. The molecule has 0 aliphatic carbocycles. The highest BCUT2D eigenvalue weighted by Crippen LogP contribution is 2.22. The molecule has 21 heavy (non-hydrogen) atoms. The minimum absolute atomic E-state index is 0.121. The van der Waals surface area contributed by atoms with Gasteiger partial charge < -0.3 is 5.32 Å². The minimum Gasteiger partial charge on any atom is -0.316 e. The maximum Gasteiger partial charge on any atom is 0.123 e. The molecule has 0 aliphatic rings. The van der Waals surface area contributed by atoms with Gasteiger partial charge in [-0.2, -0.15) is 0 Å². The number of hydrogen-bond donors (Lipinski definition) is 1. The van der Waals surface area contributed by atoms with Crippen LogP contribution in [0.15, 0.2) is 24.3 Å². The van der Waals surface area contributed by atoms with Crippen molar-refractivity contribution in [3.05, 3.63) is 35.6 Å². The zero-order valence-electron chi connectivity index (χ0n) is 14.2. The van der Waals surface area contributed by atoms with Crippen molar-refractivity contribution in [2.75, 3.05) is 13.1 Å². The quantitative estimate of drug-likeness (QED) is 0.636. The first-order valence-corrected chi connectivity index (χ1v) is 8.50. The standard InChI is InChI=1S/C19H32FN/c1-5-16(6-2)10-18(14-21-13-15(3)4)11-17-8-7-9-19(20)12-17/h7-9,12,15-16,18,21H,5-6,10-11,13-14H2,1-4H3. The van der Waals surface area contributed by atoms with Crippen LogP contribution < -0.4 is 5.32 Å². The monoisotopic (exact) mass is 293 g/mol. The third kappa shape index (κ3) is 7.61. The topological polar surface area (TPSA) is 12.0 Å². The maximum absolute atomic E-state index is 13.4. The Hall–Kier alpha value is -0.890. The van der Waals surface area contributed by atoms with Gasteiger partial charge in [0.1, 0.15) is 5.82 Å². The van der Waals surface area contributed by atoms with Crippen molar-refractivity contribution in [1.29, 1.82) is 0 Å². The molecule has 1 N–H and O–H groups in total. The normalized spacial score (nSPS) is 13.1. The fourth-order valence-electron chi connectivity index (χ4n) is 2.91. The van der Waals surface area contributed by atoms with E-state index >= 15 is 0 Å². The Labute approximate surface area is 130 Å². The second kappa shape index (κ2) is 9.94. The summed E-state index contributed by atoms with van der Waals surface area (Å²) in [5, 5.41) is 3.58. The average molecular weight is 293 g/mol. The average Bonchev–Trinajstić information content (AvgIpc) is 2.44. The van der Waals surface area contributed by atoms with Gasteiger partial charge >= 0.3 is 0 Å². The molecule has 0 aliphatic heterocycles. The van der Waals surface area contributed by atoms with Crippen molar-refractivity contribution >= 4 is 0 Å². The molecule has 1 atom stereocenters. The van der Waals surface area contributed by atoms with Gasteiger partial charge in [-0.3, -0.25) is 0 Å². The Morgan fingerprint density at radius 1 is 1.05 bits per heavy atom. The van der Waals surface area contributed by atoms with E-state index in [9.17, 15) is 4.39 Å². The van der Waals surface area contributed by atoms with Crippen LogP contribution in [-0.4, -0.2) is 13.1 Å². The van der Waals surface area contributed by atoms with Gasteiger partial charge in [-0.25, -0.2) is 4.39 Å². The van der Waals surface area contributed by atoms with Gasteiger partial charge in [0.15, 0.2) is 0 Å². The van der Waals surface area contributed by atoms with Crippen LogP contribution in [0.1, 0.15) is 52.5 Å². The molecule has 0 spiro atoms. The number of nitrogens with one attached hydrogen (secondary N) is 1. The molecule has 0 aromatic heterocycles. The third-order valence-corrected chi connectivity index (χ3v) is 4.22. The number of benzene rings is 1. The van der Waals surface area contributed by atoms with Gasteiger partial charge in [-0.05, 0) is 61.4 Å². The van der Waals surface area contributed by atoms with Gasteiger partial charge in [0.25, 0.3) is 0 Å². The lowest BCUT2D eigenvalue weighted by molar-refractivity contribution is 0.333. The van der Waals surface area contributed by atoms with E-state index in [4.69, 9.17) is 0 Å². The second-order valence-corrected chi connectivity index (χ2v) is 6.67. The molecule has 1 rings (SSSR count). The number of rotatable bonds is 10. The third-order valence-electron chi connectivity index (χ3n) is 4.22. The molecule has 0 saturated carbocycles. The first-order valence-electron chi connectivity index (χ1n) is 8.50. The minimum atomic E-state index is -0.121. The molecule has 0 fully saturated rings. The Morgan fingerprint density at radius 3 is 2.33 bits per heavy atom. The zero-order valence-corrected chi connectivity index (χ0v) is 14.2. The van der Waals surface area contributed by atoms with Crippen LogP contribution in [0.2, 0.25) is 0 Å². The maximum atomic E-state index is 13.4. The summed E-state index contributed by atoms with van der Waals surface area (Å²) in [7, 11) is 0. The lowest BCUT2D eigenvalue weighted by Crippen LogP contribution is -2.29. The molecule has 0 heterocycles. The summed E-state index contributed by atoms with van der Waals surface area (Å²) in [5.41, 5.74) is 1.12. The van der Waals surface area contributed by atoms with E-state index in [1.807, 2.05) is 12.1 Å². The second-order valence-electron chi connectivity index (χ2n) is 6.67. The van der Waals surface area contributed by atoms with E-state index in [0.29, 0.717) is 11.8 Å². The smallest absolute Gasteiger partial charge is 0.123 e. The fourth-order valence-corrected chi connectivity index (χ4v) is 2.91. The summed E-state index contributed by atoms with van der Waals surface area (Å²) in [6.07, 6.45) is 4.68. The van der Waals surface area contributed by atoms with E-state index < -0.39 is 0 Å². The zero-order chi connectivity index (χ0) is 15.7. The van der Waals surface area contributed by atoms with E-state index in [2.05, 4.69) is 33.0 Å². The molecule has 0 amide bonds. The summed E-state index contributed by atoms with van der Waals surface area (Å²) in [6, 6.07) is 7.07. The van der Waals surface area contributed by atoms with Crippen LogP contribution in [0.3, 0.4) is 0 Å². The lowest BCUT2D eigenvalue weighted by Gasteiger charge is -2.23. The Bertz CT molecular complexity index is 385. The first kappa shape index (κ1) is 18.2. The van der Waals surface area contributed by atoms with Crippen molar-refractivity contribution in [1.82, 2.24) is 5.32 Å². The van der Waals surface area contributed by atoms with Crippen LogP contribution in [0.5, 0.6) is 0 Å². The van der Waals surface area contributed by atoms with Crippen LogP contribution >= 0.6 is 0 Å². The van der Waals surface area contributed by atoms with Crippen LogP contribution in [-0.2, 0) is 6.42 Å². The molecule has 0 radical (unpaired) electrons. The largest absolute Gasteiger partial charge is 0.316 e. The molecule has 1 aromatic carbocycles. The lowest BCUT2D eigenvalue weighted by atomic mass is 9.86. The highest BCUT2D eigenvalue weighted by Gasteiger charge is 2.15. The van der Waals surface area contributed by atoms with Crippen molar-refractivity contribution in [2.24, 2.45) is 17.8 Å². The Kier molecular flexibility index (Phi) is 8.60. The SMILES string of the molecule is CCC(CC)CC(CNCC(C)C)Cc1cccc(F)c1. The first-order chi connectivity index (χ1) is 10.0. The highest BCUT2D eigenvalue weighted by atomic mass is 19.1. The number of hydrogen-bond acceptors (Lipinski definition) is 1. The Morgan fingerprint density at radius 2 is 1.76 bits per heavy atom. The van der Waals surface area contributed by atoms with Crippen molar-refractivity contribution in [3.8, 4) is 0 Å². The van der Waals surface area contributed by atoms with Crippen LogP contribution in [0.4, 0.5) is 4.39 Å². The van der Waals surface area contributed by atoms with Crippen molar-refractivity contribution in [2.45, 2.75) is 53.4 Å². The highest BCUT2D eigenvalue weighted by molar-refractivity contribution is 5.17. The molecule has 1 aromatic rings. The van der Waals surface area contributed by atoms with E-state index in [0.717, 1.165) is 31.0 Å².